The molecule has 1 aliphatic rings. The normalized spacial score (nSPS) is 21.2. The summed E-state index contributed by atoms with van der Waals surface area (Å²) >= 11 is 0. The third-order valence-corrected chi connectivity index (χ3v) is 4.04. The van der Waals surface area contributed by atoms with E-state index in [-0.39, 0.29) is 11.7 Å². The molecule has 21 heavy (non-hydrogen) atoms. The molecule has 0 aromatic heterocycles. The fourth-order valence-electron chi connectivity index (χ4n) is 2.61. The SMILES string of the molecule is COc1ccc([C@@]2(CC(=O)N(C)C)C=CC(=O)CC2)cc1. The van der Waals surface area contributed by atoms with Crippen molar-refractivity contribution in [3.63, 3.8) is 0 Å². The molecule has 1 atom stereocenters. The van der Waals surface area contributed by atoms with Gasteiger partial charge in [-0.25, -0.2) is 0 Å². The standard InChI is InChI=1S/C17H21NO3/c1-18(2)16(20)12-17(10-8-14(19)9-11-17)13-4-6-15(21-3)7-5-13/h4-8,10H,9,11-12H2,1-3H3/t17-/m0/s1. The lowest BCUT2D eigenvalue weighted by Gasteiger charge is -2.34. The summed E-state index contributed by atoms with van der Waals surface area (Å²) in [6.45, 7) is 0. The third-order valence-electron chi connectivity index (χ3n) is 4.04. The average molecular weight is 287 g/mol. The minimum absolute atomic E-state index is 0.0600. The second-order valence-corrected chi connectivity index (χ2v) is 5.65. The first-order valence-corrected chi connectivity index (χ1v) is 7.03. The van der Waals surface area contributed by atoms with Gasteiger partial charge in [0, 0.05) is 32.4 Å². The van der Waals surface area contributed by atoms with Crippen LogP contribution in [-0.4, -0.2) is 37.8 Å². The summed E-state index contributed by atoms with van der Waals surface area (Å²) in [5.74, 6) is 0.963. The number of nitrogens with zero attached hydrogens (tertiary/aromatic N) is 1. The molecule has 112 valence electrons. The smallest absolute Gasteiger partial charge is 0.223 e. The Hall–Kier alpha value is -2.10. The molecule has 4 nitrogen and oxygen atoms in total. The van der Waals surface area contributed by atoms with E-state index in [9.17, 15) is 9.59 Å². The second kappa shape index (κ2) is 6.12. The summed E-state index contributed by atoms with van der Waals surface area (Å²) in [6.07, 6.45) is 5.01. The summed E-state index contributed by atoms with van der Waals surface area (Å²) in [5.41, 5.74) is 0.642. The van der Waals surface area contributed by atoms with E-state index in [0.29, 0.717) is 19.3 Å². The van der Waals surface area contributed by atoms with Crippen LogP contribution in [0.4, 0.5) is 0 Å². The van der Waals surface area contributed by atoms with Gasteiger partial charge >= 0.3 is 0 Å². The van der Waals surface area contributed by atoms with Crippen molar-refractivity contribution in [3.05, 3.63) is 42.0 Å². The number of hydrogen-bond donors (Lipinski definition) is 0. The van der Waals surface area contributed by atoms with Crippen LogP contribution in [0, 0.1) is 0 Å². The quantitative estimate of drug-likeness (QED) is 0.854. The van der Waals surface area contributed by atoms with Crippen molar-refractivity contribution in [1.29, 1.82) is 0 Å². The highest BCUT2D eigenvalue weighted by Crippen LogP contribution is 2.38. The number of carbonyl (C=O) groups is 2. The van der Waals surface area contributed by atoms with Gasteiger partial charge in [0.05, 0.1) is 7.11 Å². The van der Waals surface area contributed by atoms with Crippen molar-refractivity contribution in [2.24, 2.45) is 0 Å². The van der Waals surface area contributed by atoms with E-state index >= 15 is 0 Å². The molecule has 1 aliphatic carbocycles. The molecule has 2 rings (SSSR count). The fourth-order valence-corrected chi connectivity index (χ4v) is 2.61. The molecule has 0 radical (unpaired) electrons. The van der Waals surface area contributed by atoms with Crippen LogP contribution in [0.1, 0.15) is 24.8 Å². The summed E-state index contributed by atoms with van der Waals surface area (Å²) in [5, 5.41) is 0. The van der Waals surface area contributed by atoms with E-state index in [2.05, 4.69) is 0 Å². The third kappa shape index (κ3) is 3.32. The Bertz CT molecular complexity index is 560. The summed E-state index contributed by atoms with van der Waals surface area (Å²) in [6, 6.07) is 7.73. The molecular formula is C17H21NO3. The van der Waals surface area contributed by atoms with Gasteiger partial charge in [-0.05, 0) is 30.2 Å². The number of ether oxygens (including phenoxy) is 1. The molecule has 0 N–H and O–H groups in total. The first kappa shape index (κ1) is 15.3. The maximum absolute atomic E-state index is 12.2. The highest BCUT2D eigenvalue weighted by Gasteiger charge is 2.35. The molecule has 0 spiro atoms. The van der Waals surface area contributed by atoms with Crippen LogP contribution in [0.25, 0.3) is 0 Å². The van der Waals surface area contributed by atoms with Crippen LogP contribution in [0.5, 0.6) is 5.75 Å². The van der Waals surface area contributed by atoms with Crippen molar-refractivity contribution < 1.29 is 14.3 Å². The lowest BCUT2D eigenvalue weighted by Crippen LogP contribution is -2.35. The molecule has 0 bridgehead atoms. The average Bonchev–Trinajstić information content (AvgIpc) is 2.50. The first-order chi connectivity index (χ1) is 9.97. The van der Waals surface area contributed by atoms with Gasteiger partial charge in [0.15, 0.2) is 5.78 Å². The molecule has 0 aliphatic heterocycles. The number of benzene rings is 1. The molecule has 0 saturated carbocycles. The zero-order valence-electron chi connectivity index (χ0n) is 12.8. The number of ketones is 1. The van der Waals surface area contributed by atoms with Crippen LogP contribution < -0.4 is 4.74 Å². The van der Waals surface area contributed by atoms with Crippen LogP contribution >= 0.6 is 0 Å². The Morgan fingerprint density at radius 2 is 1.95 bits per heavy atom. The maximum Gasteiger partial charge on any atom is 0.223 e. The zero-order chi connectivity index (χ0) is 15.5. The van der Waals surface area contributed by atoms with Crippen molar-refractivity contribution in [2.45, 2.75) is 24.7 Å². The Kier molecular flexibility index (Phi) is 4.46. The molecular weight excluding hydrogens is 266 g/mol. The topological polar surface area (TPSA) is 46.6 Å². The lowest BCUT2D eigenvalue weighted by atomic mass is 9.70. The largest absolute Gasteiger partial charge is 0.497 e. The van der Waals surface area contributed by atoms with E-state index in [0.717, 1.165) is 11.3 Å². The van der Waals surface area contributed by atoms with E-state index < -0.39 is 5.41 Å². The van der Waals surface area contributed by atoms with Crippen LogP contribution in [0.2, 0.25) is 0 Å². The van der Waals surface area contributed by atoms with Gasteiger partial charge in [-0.15, -0.1) is 0 Å². The Balaban J connectivity index is 2.37. The Morgan fingerprint density at radius 3 is 2.43 bits per heavy atom. The van der Waals surface area contributed by atoms with Gasteiger partial charge in [-0.1, -0.05) is 18.2 Å². The molecule has 0 fully saturated rings. The highest BCUT2D eigenvalue weighted by molar-refractivity contribution is 5.91. The lowest BCUT2D eigenvalue weighted by molar-refractivity contribution is -0.130. The number of hydrogen-bond acceptors (Lipinski definition) is 3. The van der Waals surface area contributed by atoms with Crippen molar-refractivity contribution in [3.8, 4) is 5.75 Å². The Labute approximate surface area is 125 Å². The van der Waals surface area contributed by atoms with Gasteiger partial charge in [0.2, 0.25) is 5.91 Å². The predicted molar refractivity (Wildman–Crippen MR) is 81.4 cm³/mol. The zero-order valence-corrected chi connectivity index (χ0v) is 12.8. The molecule has 1 amide bonds. The van der Waals surface area contributed by atoms with Crippen LogP contribution in [0.15, 0.2) is 36.4 Å². The molecule has 1 aromatic carbocycles. The van der Waals surface area contributed by atoms with E-state index in [1.165, 1.54) is 0 Å². The van der Waals surface area contributed by atoms with E-state index in [1.807, 2.05) is 30.3 Å². The molecule has 1 aromatic rings. The number of amides is 1. The van der Waals surface area contributed by atoms with E-state index in [4.69, 9.17) is 4.74 Å². The van der Waals surface area contributed by atoms with Gasteiger partial charge in [0.25, 0.3) is 0 Å². The van der Waals surface area contributed by atoms with Crippen molar-refractivity contribution in [2.75, 3.05) is 21.2 Å². The molecule has 0 heterocycles. The monoisotopic (exact) mass is 287 g/mol. The van der Waals surface area contributed by atoms with Crippen LogP contribution in [-0.2, 0) is 15.0 Å². The van der Waals surface area contributed by atoms with Gasteiger partial charge in [-0.3, -0.25) is 9.59 Å². The Morgan fingerprint density at radius 1 is 1.29 bits per heavy atom. The number of methoxy groups -OCH3 is 1. The van der Waals surface area contributed by atoms with Gasteiger partial charge < -0.3 is 9.64 Å². The summed E-state index contributed by atoms with van der Waals surface area (Å²) in [7, 11) is 5.13. The van der Waals surface area contributed by atoms with Gasteiger partial charge in [0.1, 0.15) is 5.75 Å². The minimum atomic E-state index is -0.401. The fraction of sp³-hybridized carbons (Fsp3) is 0.412. The summed E-state index contributed by atoms with van der Waals surface area (Å²) < 4.78 is 5.18. The molecule has 4 heteroatoms. The first-order valence-electron chi connectivity index (χ1n) is 7.03. The van der Waals surface area contributed by atoms with Gasteiger partial charge in [-0.2, -0.15) is 0 Å². The number of rotatable bonds is 4. The molecule has 0 unspecified atom stereocenters. The number of allylic oxidation sites excluding steroid dienone is 2. The highest BCUT2D eigenvalue weighted by atomic mass is 16.5. The van der Waals surface area contributed by atoms with Crippen molar-refractivity contribution in [1.82, 2.24) is 4.90 Å². The minimum Gasteiger partial charge on any atom is -0.497 e. The maximum atomic E-state index is 12.2. The second-order valence-electron chi connectivity index (χ2n) is 5.65. The summed E-state index contributed by atoms with van der Waals surface area (Å²) in [4.78, 5) is 25.3. The van der Waals surface area contributed by atoms with Crippen LogP contribution in [0.3, 0.4) is 0 Å². The van der Waals surface area contributed by atoms with E-state index in [1.54, 1.807) is 32.2 Å². The molecule has 0 saturated heterocycles. The number of carbonyl (C=O) groups excluding carboxylic acids is 2. The predicted octanol–water partition coefficient (Wildman–Crippen LogP) is 2.33. The van der Waals surface area contributed by atoms with Crippen molar-refractivity contribution >= 4 is 11.7 Å².